The zero-order valence-corrected chi connectivity index (χ0v) is 23.1. The van der Waals surface area contributed by atoms with Gasteiger partial charge in [0.1, 0.15) is 22.3 Å². The van der Waals surface area contributed by atoms with Gasteiger partial charge in [0.2, 0.25) is 0 Å². The van der Waals surface area contributed by atoms with E-state index in [0.29, 0.717) is 25.9 Å². The third kappa shape index (κ3) is 7.73. The molecule has 0 spiro atoms. The maximum absolute atomic E-state index is 13.1. The Bertz CT molecular complexity index is 1010. The van der Waals surface area contributed by atoms with Gasteiger partial charge in [-0.05, 0) is 50.9 Å². The van der Waals surface area contributed by atoms with Gasteiger partial charge >= 0.3 is 0 Å². The molecule has 2 aromatic rings. The number of rotatable bonds is 8. The predicted octanol–water partition coefficient (Wildman–Crippen LogP) is 5.29. The summed E-state index contributed by atoms with van der Waals surface area (Å²) in [6.45, 7) is 9.44. The first kappa shape index (κ1) is 28.4. The van der Waals surface area contributed by atoms with Crippen LogP contribution in [0.25, 0.3) is 5.82 Å². The number of anilines is 1. The molecule has 0 aliphatic carbocycles. The van der Waals surface area contributed by atoms with Crippen LogP contribution in [0.15, 0.2) is 49.9 Å². The van der Waals surface area contributed by atoms with E-state index in [9.17, 15) is 14.7 Å². The first-order valence-corrected chi connectivity index (χ1v) is 12.2. The average molecular weight is 657 g/mol. The van der Waals surface area contributed by atoms with E-state index >= 15 is 0 Å². The molecule has 0 radical (unpaired) electrons. The van der Waals surface area contributed by atoms with E-state index in [0.717, 1.165) is 0 Å². The van der Waals surface area contributed by atoms with Crippen LogP contribution in [0.4, 0.5) is 5.69 Å². The first-order valence-electron chi connectivity index (χ1n) is 9.38. The smallest absolute Gasteiger partial charge is 0.274 e. The van der Waals surface area contributed by atoms with E-state index in [1.807, 2.05) is 13.8 Å². The number of hydrogen-bond acceptors (Lipinski definition) is 5. The number of halogens is 4. The highest BCUT2D eigenvalue weighted by atomic mass is 79.9. The zero-order chi connectivity index (χ0) is 24.4. The molecular weight excluding hydrogens is 633 g/mol. The lowest BCUT2D eigenvalue weighted by Gasteiger charge is -2.16. The molecule has 32 heavy (non-hydrogen) atoms. The van der Waals surface area contributed by atoms with Crippen molar-refractivity contribution in [2.24, 2.45) is 0 Å². The minimum Gasteiger partial charge on any atom is -0.374 e. The molecule has 174 valence electrons. The number of carbonyl (C=O) groups is 2. The minimum atomic E-state index is -1.07. The van der Waals surface area contributed by atoms with E-state index in [4.69, 9.17) is 11.6 Å². The molecule has 1 aromatic carbocycles. The van der Waals surface area contributed by atoms with Crippen LogP contribution in [0.1, 0.15) is 41.6 Å². The van der Waals surface area contributed by atoms with E-state index in [-0.39, 0.29) is 16.9 Å². The van der Waals surface area contributed by atoms with Gasteiger partial charge in [0, 0.05) is 27.1 Å². The van der Waals surface area contributed by atoms with Crippen LogP contribution < -0.4 is 16.0 Å². The zero-order valence-electron chi connectivity index (χ0n) is 17.5. The number of aliphatic hydroxyl groups excluding tert-OH is 1. The summed E-state index contributed by atoms with van der Waals surface area (Å²) in [6, 6.07) is 4.71. The Hall–Kier alpha value is -1.66. The van der Waals surface area contributed by atoms with Crippen molar-refractivity contribution in [3.8, 4) is 0 Å². The third-order valence-corrected chi connectivity index (χ3v) is 5.23. The van der Waals surface area contributed by atoms with Crippen LogP contribution in [0.2, 0.25) is 0 Å². The van der Waals surface area contributed by atoms with Gasteiger partial charge in [-0.3, -0.25) is 9.59 Å². The highest BCUT2D eigenvalue weighted by Gasteiger charge is 2.22. The Labute approximate surface area is 216 Å². The van der Waals surface area contributed by atoms with Gasteiger partial charge in [0.25, 0.3) is 11.8 Å². The van der Waals surface area contributed by atoms with Crippen LogP contribution in [-0.4, -0.2) is 39.5 Å². The fraction of sp³-hybridized carbons (Fsp3) is 0.250. The molecule has 1 heterocycles. The number of hydrogen-bond donors (Lipinski definition) is 4. The average Bonchev–Trinajstić information content (AvgIpc) is 3.13. The summed E-state index contributed by atoms with van der Waals surface area (Å²) in [5, 5.41) is 21.8. The highest BCUT2D eigenvalue weighted by molar-refractivity contribution is 9.11. The number of nitrogens with zero attached hydrogens (tertiary/aromatic N) is 2. The molecule has 12 heteroatoms. The fourth-order valence-corrected chi connectivity index (χ4v) is 4.23. The Morgan fingerprint density at radius 1 is 1.25 bits per heavy atom. The number of benzene rings is 1. The van der Waals surface area contributed by atoms with Crippen LogP contribution in [0.5, 0.6) is 0 Å². The molecule has 0 fully saturated rings. The Kier molecular flexibility index (Phi) is 12.2. The summed E-state index contributed by atoms with van der Waals surface area (Å²) in [6.07, 6.45) is 0.563. The Balaban J connectivity index is 0.00000249. The monoisotopic (exact) mass is 653 g/mol. The number of nitrogens with one attached hydrogen (secondary N) is 3. The standard InChI is InChI=1S/C18H17Br3ClN5O3.C2H6/c1-3-4-23-15(8-22)27-13(7-14(21)26-27)18(30)25-16-11(17(29)24-9(2)28)5-10(19)6-12(16)20;1-2/h3,5-9,23,28H,1,4H2,2H3,(H,24,29)(H,25,30);1-2H3/b15-8-;. The van der Waals surface area contributed by atoms with E-state index in [1.54, 1.807) is 12.1 Å². The second kappa shape index (κ2) is 13.8. The van der Waals surface area contributed by atoms with Gasteiger partial charge in [-0.1, -0.05) is 47.5 Å². The lowest BCUT2D eigenvalue weighted by Crippen LogP contribution is -2.33. The second-order valence-corrected chi connectivity index (χ2v) is 8.64. The van der Waals surface area contributed by atoms with E-state index < -0.39 is 18.0 Å². The van der Waals surface area contributed by atoms with Gasteiger partial charge in [0.05, 0.1) is 11.3 Å². The molecule has 4 N–H and O–H groups in total. The molecule has 8 nitrogen and oxygen atoms in total. The molecule has 0 aliphatic rings. The van der Waals surface area contributed by atoms with Gasteiger partial charge in [0.15, 0.2) is 0 Å². The molecule has 0 saturated carbocycles. The number of aromatic nitrogens is 2. The predicted molar refractivity (Wildman–Crippen MR) is 139 cm³/mol. The summed E-state index contributed by atoms with van der Waals surface area (Å²) in [4.78, 5) is 25.6. The maximum Gasteiger partial charge on any atom is 0.274 e. The van der Waals surface area contributed by atoms with Crippen LogP contribution in [-0.2, 0) is 0 Å². The van der Waals surface area contributed by atoms with E-state index in [2.05, 4.69) is 75.4 Å². The lowest BCUT2D eigenvalue weighted by atomic mass is 10.1. The van der Waals surface area contributed by atoms with E-state index in [1.165, 1.54) is 29.3 Å². The number of amides is 2. The number of carbonyl (C=O) groups excluding carboxylic acids is 2. The van der Waals surface area contributed by atoms with Crippen molar-refractivity contribution in [3.63, 3.8) is 0 Å². The normalized spacial score (nSPS) is 11.7. The highest BCUT2D eigenvalue weighted by Crippen LogP contribution is 2.31. The fourth-order valence-electron chi connectivity index (χ4n) is 2.36. The van der Waals surface area contributed by atoms with Gasteiger partial charge in [-0.25, -0.2) is 4.68 Å². The summed E-state index contributed by atoms with van der Waals surface area (Å²) in [5.41, 5.74) is 1.77. The molecule has 0 bridgehead atoms. The molecule has 1 aromatic heterocycles. The second-order valence-electron chi connectivity index (χ2n) is 5.84. The topological polar surface area (TPSA) is 108 Å². The van der Waals surface area contributed by atoms with Crippen LogP contribution in [0, 0.1) is 0 Å². The molecule has 2 amide bonds. The van der Waals surface area contributed by atoms with Crippen molar-refractivity contribution < 1.29 is 14.7 Å². The lowest BCUT2D eigenvalue weighted by molar-refractivity contribution is 0.0819. The third-order valence-electron chi connectivity index (χ3n) is 3.55. The first-order chi connectivity index (χ1) is 15.2. The SMILES string of the molecule is C=CCN/C(=C/Cl)n1nc(Br)cc1C(=O)Nc1c(Br)cc(Br)cc1C(=O)NC(C)O.CC. The van der Waals surface area contributed by atoms with Gasteiger partial charge in [-0.2, -0.15) is 5.10 Å². The Morgan fingerprint density at radius 3 is 2.47 bits per heavy atom. The molecule has 2 rings (SSSR count). The summed E-state index contributed by atoms with van der Waals surface area (Å²) < 4.78 is 2.80. The Morgan fingerprint density at radius 2 is 1.91 bits per heavy atom. The van der Waals surface area contributed by atoms with Crippen molar-refractivity contribution in [2.45, 2.75) is 27.0 Å². The molecular formula is C20H23Br3ClN5O3. The summed E-state index contributed by atoms with van der Waals surface area (Å²) in [5.74, 6) is -0.751. The minimum absolute atomic E-state index is 0.147. The number of aliphatic hydroxyl groups is 1. The molecule has 0 saturated heterocycles. The van der Waals surface area contributed by atoms with Crippen molar-refractivity contribution in [1.29, 1.82) is 0 Å². The molecule has 0 aliphatic heterocycles. The summed E-state index contributed by atoms with van der Waals surface area (Å²) >= 11 is 15.8. The van der Waals surface area contributed by atoms with Crippen molar-refractivity contribution in [1.82, 2.24) is 20.4 Å². The van der Waals surface area contributed by atoms with Crippen LogP contribution >= 0.6 is 59.4 Å². The van der Waals surface area contributed by atoms with Crippen LogP contribution in [0.3, 0.4) is 0 Å². The van der Waals surface area contributed by atoms with Gasteiger partial charge < -0.3 is 21.1 Å². The van der Waals surface area contributed by atoms with Crippen molar-refractivity contribution >= 4 is 82.7 Å². The maximum atomic E-state index is 13.1. The van der Waals surface area contributed by atoms with Gasteiger partial charge in [-0.15, -0.1) is 6.58 Å². The quantitative estimate of drug-likeness (QED) is 0.228. The molecule has 1 unspecified atom stereocenters. The molecule has 1 atom stereocenters. The van der Waals surface area contributed by atoms with Crippen molar-refractivity contribution in [2.75, 3.05) is 11.9 Å². The van der Waals surface area contributed by atoms with Crippen molar-refractivity contribution in [3.05, 3.63) is 61.2 Å². The summed E-state index contributed by atoms with van der Waals surface area (Å²) in [7, 11) is 0. The largest absolute Gasteiger partial charge is 0.374 e.